The van der Waals surface area contributed by atoms with E-state index in [1.54, 1.807) is 14.2 Å². The molecule has 1 aromatic carbocycles. The first kappa shape index (κ1) is 17.8. The first-order chi connectivity index (χ1) is 10.6. The molecule has 6 nitrogen and oxygen atoms in total. The van der Waals surface area contributed by atoms with Crippen molar-refractivity contribution < 1.29 is 19.1 Å². The molecule has 0 radical (unpaired) electrons. The highest BCUT2D eigenvalue weighted by molar-refractivity contribution is 5.76. The lowest BCUT2D eigenvalue weighted by atomic mass is 10.1. The molecule has 6 heteroatoms. The van der Waals surface area contributed by atoms with Crippen LogP contribution in [-0.4, -0.2) is 39.1 Å². The number of ether oxygens (including phenoxy) is 2. The van der Waals surface area contributed by atoms with Gasteiger partial charge in [-0.1, -0.05) is 6.07 Å². The first-order valence-corrected chi connectivity index (χ1v) is 7.29. The SMILES string of the molecule is COc1ccc(CCC(=O)NCCCNC(C)=O)cc1OC. The van der Waals surface area contributed by atoms with Crippen molar-refractivity contribution in [2.24, 2.45) is 0 Å². The second-order valence-electron chi connectivity index (χ2n) is 4.88. The fraction of sp³-hybridized carbons (Fsp3) is 0.500. The van der Waals surface area contributed by atoms with Crippen LogP contribution in [0.25, 0.3) is 0 Å². The zero-order valence-corrected chi connectivity index (χ0v) is 13.4. The molecule has 0 spiro atoms. The predicted octanol–water partition coefficient (Wildman–Crippen LogP) is 1.28. The van der Waals surface area contributed by atoms with Gasteiger partial charge in [-0.25, -0.2) is 0 Å². The van der Waals surface area contributed by atoms with Gasteiger partial charge in [0.05, 0.1) is 14.2 Å². The minimum Gasteiger partial charge on any atom is -0.493 e. The van der Waals surface area contributed by atoms with Crippen LogP contribution in [0.2, 0.25) is 0 Å². The van der Waals surface area contributed by atoms with Gasteiger partial charge in [0.1, 0.15) is 0 Å². The average Bonchev–Trinajstić information content (AvgIpc) is 2.51. The highest BCUT2D eigenvalue weighted by Gasteiger charge is 2.06. The number of rotatable bonds is 9. The maximum atomic E-state index is 11.7. The van der Waals surface area contributed by atoms with Crippen LogP contribution in [0.15, 0.2) is 18.2 Å². The van der Waals surface area contributed by atoms with Crippen molar-refractivity contribution in [2.45, 2.75) is 26.2 Å². The summed E-state index contributed by atoms with van der Waals surface area (Å²) in [5.41, 5.74) is 1.02. The average molecular weight is 308 g/mol. The summed E-state index contributed by atoms with van der Waals surface area (Å²) in [6.07, 6.45) is 1.77. The molecule has 0 unspecified atom stereocenters. The third kappa shape index (κ3) is 6.47. The third-order valence-electron chi connectivity index (χ3n) is 3.14. The lowest BCUT2D eigenvalue weighted by Crippen LogP contribution is -2.28. The molecule has 0 fully saturated rings. The molecule has 22 heavy (non-hydrogen) atoms. The number of hydrogen-bond acceptors (Lipinski definition) is 4. The van der Waals surface area contributed by atoms with Crippen molar-refractivity contribution >= 4 is 11.8 Å². The van der Waals surface area contributed by atoms with Crippen LogP contribution >= 0.6 is 0 Å². The van der Waals surface area contributed by atoms with Gasteiger partial charge in [-0.2, -0.15) is 0 Å². The lowest BCUT2D eigenvalue weighted by Gasteiger charge is -2.10. The van der Waals surface area contributed by atoms with Gasteiger partial charge in [-0.15, -0.1) is 0 Å². The summed E-state index contributed by atoms with van der Waals surface area (Å²) >= 11 is 0. The first-order valence-electron chi connectivity index (χ1n) is 7.29. The molecule has 0 saturated heterocycles. The van der Waals surface area contributed by atoms with E-state index in [1.807, 2.05) is 18.2 Å². The molecule has 2 amide bonds. The van der Waals surface area contributed by atoms with E-state index < -0.39 is 0 Å². The topological polar surface area (TPSA) is 76.7 Å². The van der Waals surface area contributed by atoms with Crippen molar-refractivity contribution in [3.05, 3.63) is 23.8 Å². The molecular formula is C16H24N2O4. The van der Waals surface area contributed by atoms with Crippen LogP contribution in [0, 0.1) is 0 Å². The number of carbonyl (C=O) groups excluding carboxylic acids is 2. The molecule has 0 aliphatic carbocycles. The molecule has 0 heterocycles. The van der Waals surface area contributed by atoms with E-state index in [4.69, 9.17) is 9.47 Å². The summed E-state index contributed by atoms with van der Waals surface area (Å²) in [5, 5.41) is 5.52. The van der Waals surface area contributed by atoms with E-state index in [2.05, 4.69) is 10.6 Å². The summed E-state index contributed by atoms with van der Waals surface area (Å²) in [6.45, 7) is 2.61. The van der Waals surface area contributed by atoms with E-state index in [1.165, 1.54) is 6.92 Å². The zero-order valence-electron chi connectivity index (χ0n) is 13.4. The Morgan fingerprint density at radius 3 is 2.36 bits per heavy atom. The Morgan fingerprint density at radius 1 is 1.05 bits per heavy atom. The second kappa shape index (κ2) is 9.65. The van der Waals surface area contributed by atoms with Crippen LogP contribution < -0.4 is 20.1 Å². The van der Waals surface area contributed by atoms with Crippen molar-refractivity contribution in [3.63, 3.8) is 0 Å². The van der Waals surface area contributed by atoms with Gasteiger partial charge >= 0.3 is 0 Å². The molecule has 0 aliphatic heterocycles. The fourth-order valence-electron chi connectivity index (χ4n) is 1.96. The van der Waals surface area contributed by atoms with E-state index >= 15 is 0 Å². The maximum absolute atomic E-state index is 11.7. The Kier molecular flexibility index (Phi) is 7.81. The Hall–Kier alpha value is -2.24. The third-order valence-corrected chi connectivity index (χ3v) is 3.14. The molecule has 0 bridgehead atoms. The normalized spacial score (nSPS) is 9.95. The Labute approximate surface area is 131 Å². The number of aryl methyl sites for hydroxylation is 1. The molecule has 0 aliphatic rings. The number of methoxy groups -OCH3 is 2. The van der Waals surface area contributed by atoms with Gasteiger partial charge < -0.3 is 20.1 Å². The van der Waals surface area contributed by atoms with Crippen molar-refractivity contribution in [1.29, 1.82) is 0 Å². The van der Waals surface area contributed by atoms with Gasteiger partial charge in [-0.3, -0.25) is 9.59 Å². The minimum atomic E-state index is -0.0558. The van der Waals surface area contributed by atoms with Gasteiger partial charge in [0.25, 0.3) is 0 Å². The van der Waals surface area contributed by atoms with E-state index in [0.29, 0.717) is 37.4 Å². The van der Waals surface area contributed by atoms with E-state index in [0.717, 1.165) is 12.0 Å². The van der Waals surface area contributed by atoms with Crippen LogP contribution in [0.3, 0.4) is 0 Å². The van der Waals surface area contributed by atoms with Gasteiger partial charge in [-0.05, 0) is 30.5 Å². The van der Waals surface area contributed by atoms with Gasteiger partial charge in [0.2, 0.25) is 11.8 Å². The van der Waals surface area contributed by atoms with Crippen LogP contribution in [0.4, 0.5) is 0 Å². The van der Waals surface area contributed by atoms with E-state index in [-0.39, 0.29) is 11.8 Å². The van der Waals surface area contributed by atoms with Crippen molar-refractivity contribution in [2.75, 3.05) is 27.3 Å². The molecule has 1 rings (SSSR count). The zero-order chi connectivity index (χ0) is 16.4. The van der Waals surface area contributed by atoms with Gasteiger partial charge in [0, 0.05) is 26.4 Å². The monoisotopic (exact) mass is 308 g/mol. The van der Waals surface area contributed by atoms with Crippen molar-refractivity contribution in [1.82, 2.24) is 10.6 Å². The molecular weight excluding hydrogens is 284 g/mol. The van der Waals surface area contributed by atoms with Crippen LogP contribution in [0.1, 0.15) is 25.3 Å². The fourth-order valence-corrected chi connectivity index (χ4v) is 1.96. The second-order valence-corrected chi connectivity index (χ2v) is 4.88. The maximum Gasteiger partial charge on any atom is 0.220 e. The highest BCUT2D eigenvalue weighted by atomic mass is 16.5. The number of hydrogen-bond donors (Lipinski definition) is 2. The highest BCUT2D eigenvalue weighted by Crippen LogP contribution is 2.27. The number of benzene rings is 1. The van der Waals surface area contributed by atoms with Gasteiger partial charge in [0.15, 0.2) is 11.5 Å². The number of amides is 2. The molecule has 1 aromatic rings. The number of nitrogens with one attached hydrogen (secondary N) is 2. The Bertz CT molecular complexity index is 503. The largest absolute Gasteiger partial charge is 0.493 e. The smallest absolute Gasteiger partial charge is 0.220 e. The van der Waals surface area contributed by atoms with Crippen LogP contribution in [0.5, 0.6) is 11.5 Å². The predicted molar refractivity (Wildman–Crippen MR) is 84.2 cm³/mol. The summed E-state index contributed by atoms with van der Waals surface area (Å²) in [5.74, 6) is 1.28. The van der Waals surface area contributed by atoms with Crippen molar-refractivity contribution in [3.8, 4) is 11.5 Å². The molecule has 122 valence electrons. The molecule has 2 N–H and O–H groups in total. The Morgan fingerprint density at radius 2 is 1.73 bits per heavy atom. The Balaban J connectivity index is 2.30. The number of carbonyl (C=O) groups is 2. The lowest BCUT2D eigenvalue weighted by molar-refractivity contribution is -0.121. The summed E-state index contributed by atoms with van der Waals surface area (Å²) in [6, 6.07) is 5.63. The molecule has 0 aromatic heterocycles. The standard InChI is InChI=1S/C16H24N2O4/c1-12(19)17-9-4-10-18-16(20)8-6-13-5-7-14(21-2)15(11-13)22-3/h5,7,11H,4,6,8-10H2,1-3H3,(H,17,19)(H,18,20). The van der Waals surface area contributed by atoms with E-state index in [9.17, 15) is 9.59 Å². The quantitative estimate of drug-likeness (QED) is 0.674. The summed E-state index contributed by atoms with van der Waals surface area (Å²) in [4.78, 5) is 22.4. The molecule has 0 saturated carbocycles. The minimum absolute atomic E-state index is 0.00221. The summed E-state index contributed by atoms with van der Waals surface area (Å²) < 4.78 is 10.4. The molecule has 0 atom stereocenters. The van der Waals surface area contributed by atoms with Crippen LogP contribution in [-0.2, 0) is 16.0 Å². The summed E-state index contributed by atoms with van der Waals surface area (Å²) in [7, 11) is 3.18.